The van der Waals surface area contributed by atoms with Crippen LogP contribution in [0.2, 0.25) is 5.02 Å². The summed E-state index contributed by atoms with van der Waals surface area (Å²) in [6, 6.07) is 10.3. The molecule has 1 heterocycles. The lowest BCUT2D eigenvalue weighted by Crippen LogP contribution is -2.20. The van der Waals surface area contributed by atoms with E-state index < -0.39 is 0 Å². The van der Waals surface area contributed by atoms with Crippen molar-refractivity contribution in [2.45, 2.75) is 6.92 Å². The monoisotopic (exact) mass is 460 g/mol. The summed E-state index contributed by atoms with van der Waals surface area (Å²) in [7, 11) is 1.46. The van der Waals surface area contributed by atoms with Gasteiger partial charge in [-0.15, -0.1) is 0 Å². The fourth-order valence-corrected chi connectivity index (χ4v) is 3.19. The van der Waals surface area contributed by atoms with Crippen LogP contribution in [-0.2, 0) is 0 Å². The topological polar surface area (TPSA) is 89.5 Å². The molecular formula is C19H14BrClN4O3. The van der Waals surface area contributed by atoms with Gasteiger partial charge >= 0.3 is 0 Å². The number of methoxy groups -OCH3 is 1. The zero-order valence-electron chi connectivity index (χ0n) is 14.9. The summed E-state index contributed by atoms with van der Waals surface area (Å²) >= 11 is 9.48. The quantitative estimate of drug-likeness (QED) is 0.537. The van der Waals surface area contributed by atoms with Crippen LogP contribution in [-0.4, -0.2) is 29.6 Å². The number of hydrogen-bond donors (Lipinski definition) is 0. The van der Waals surface area contributed by atoms with E-state index in [1.165, 1.54) is 18.0 Å². The van der Waals surface area contributed by atoms with E-state index in [4.69, 9.17) is 26.3 Å². The molecule has 28 heavy (non-hydrogen) atoms. The first-order chi connectivity index (χ1) is 13.4. The number of ether oxygens (including phenoxy) is 2. The van der Waals surface area contributed by atoms with Gasteiger partial charge in [0.05, 0.1) is 24.2 Å². The SMILES string of the molecule is COc1cc(Cl)cc(C=Nn2c(C)nc3ccc(Br)cc3c2=O)c1OCC#N. The van der Waals surface area contributed by atoms with Gasteiger partial charge in [0.1, 0.15) is 11.9 Å². The Morgan fingerprint density at radius 3 is 2.89 bits per heavy atom. The molecule has 3 aromatic rings. The summed E-state index contributed by atoms with van der Waals surface area (Å²) in [6.45, 7) is 1.51. The third-order valence-corrected chi connectivity index (χ3v) is 4.54. The number of benzene rings is 2. The van der Waals surface area contributed by atoms with E-state index in [0.29, 0.717) is 38.8 Å². The summed E-state index contributed by atoms with van der Waals surface area (Å²) in [5.74, 6) is 1.08. The number of nitriles is 1. The lowest BCUT2D eigenvalue weighted by molar-refractivity contribution is 0.329. The van der Waals surface area contributed by atoms with Crippen LogP contribution < -0.4 is 15.0 Å². The van der Waals surface area contributed by atoms with Gasteiger partial charge in [0.25, 0.3) is 5.56 Å². The van der Waals surface area contributed by atoms with Crippen molar-refractivity contribution in [1.82, 2.24) is 9.66 Å². The molecule has 9 heteroatoms. The molecule has 0 radical (unpaired) electrons. The minimum absolute atomic E-state index is 0.177. The fraction of sp³-hybridized carbons (Fsp3) is 0.158. The second kappa shape index (κ2) is 8.42. The first kappa shape index (κ1) is 19.9. The van der Waals surface area contributed by atoms with Gasteiger partial charge in [-0.2, -0.15) is 15.0 Å². The highest BCUT2D eigenvalue weighted by atomic mass is 79.9. The maximum absolute atomic E-state index is 12.8. The zero-order valence-corrected chi connectivity index (χ0v) is 17.3. The number of fused-ring (bicyclic) bond motifs is 1. The van der Waals surface area contributed by atoms with Crippen molar-refractivity contribution < 1.29 is 9.47 Å². The Balaban J connectivity index is 2.13. The average Bonchev–Trinajstić information content (AvgIpc) is 2.67. The summed E-state index contributed by atoms with van der Waals surface area (Å²) in [5.41, 5.74) is 0.730. The molecule has 0 bridgehead atoms. The van der Waals surface area contributed by atoms with Gasteiger partial charge in [0.2, 0.25) is 0 Å². The summed E-state index contributed by atoms with van der Waals surface area (Å²) in [6.07, 6.45) is 1.42. The van der Waals surface area contributed by atoms with E-state index in [9.17, 15) is 4.79 Å². The van der Waals surface area contributed by atoms with Gasteiger partial charge in [-0.3, -0.25) is 4.79 Å². The van der Waals surface area contributed by atoms with Gasteiger partial charge in [-0.05, 0) is 31.2 Å². The number of halogens is 2. The van der Waals surface area contributed by atoms with Crippen LogP contribution in [0.4, 0.5) is 0 Å². The lowest BCUT2D eigenvalue weighted by Gasteiger charge is -2.12. The van der Waals surface area contributed by atoms with Gasteiger partial charge in [-0.25, -0.2) is 4.98 Å². The molecular weight excluding hydrogens is 448 g/mol. The van der Waals surface area contributed by atoms with Crippen molar-refractivity contribution >= 4 is 44.6 Å². The van der Waals surface area contributed by atoms with Crippen LogP contribution in [0.15, 0.2) is 44.7 Å². The van der Waals surface area contributed by atoms with Crippen LogP contribution in [0.3, 0.4) is 0 Å². The minimum Gasteiger partial charge on any atom is -0.493 e. The van der Waals surface area contributed by atoms with Gasteiger partial charge in [0, 0.05) is 21.1 Å². The highest BCUT2D eigenvalue weighted by Crippen LogP contribution is 2.33. The van der Waals surface area contributed by atoms with Gasteiger partial charge in [-0.1, -0.05) is 27.5 Å². The standard InChI is InChI=1S/C19H14BrClN4O3/c1-11-24-16-4-3-13(20)8-15(16)19(26)25(11)23-10-12-7-14(21)9-17(27-2)18(12)28-6-5-22/h3-4,7-10H,6H2,1-2H3. The van der Waals surface area contributed by atoms with Crippen LogP contribution in [0.1, 0.15) is 11.4 Å². The normalized spacial score (nSPS) is 11.0. The first-order valence-corrected chi connectivity index (χ1v) is 9.22. The van der Waals surface area contributed by atoms with Crippen molar-refractivity contribution in [2.75, 3.05) is 13.7 Å². The molecule has 7 nitrogen and oxygen atoms in total. The molecule has 0 amide bonds. The largest absolute Gasteiger partial charge is 0.493 e. The number of nitrogens with zero attached hydrogens (tertiary/aromatic N) is 4. The molecule has 0 aliphatic heterocycles. The van der Waals surface area contributed by atoms with Crippen molar-refractivity contribution in [3.63, 3.8) is 0 Å². The fourth-order valence-electron chi connectivity index (χ4n) is 2.61. The van der Waals surface area contributed by atoms with Gasteiger partial charge < -0.3 is 9.47 Å². The van der Waals surface area contributed by atoms with E-state index in [0.717, 1.165) is 4.47 Å². The molecule has 0 atom stereocenters. The summed E-state index contributed by atoms with van der Waals surface area (Å²) < 4.78 is 12.7. The van der Waals surface area contributed by atoms with E-state index in [1.807, 2.05) is 12.1 Å². The Hall–Kier alpha value is -2.89. The molecule has 0 unspecified atom stereocenters. The predicted molar refractivity (Wildman–Crippen MR) is 111 cm³/mol. The van der Waals surface area contributed by atoms with E-state index in [1.54, 1.807) is 31.2 Å². The van der Waals surface area contributed by atoms with Crippen molar-refractivity contribution in [3.05, 3.63) is 61.6 Å². The Kier molecular flexibility index (Phi) is 5.97. The maximum Gasteiger partial charge on any atom is 0.282 e. The molecule has 142 valence electrons. The molecule has 3 rings (SSSR count). The molecule has 2 aromatic carbocycles. The third kappa shape index (κ3) is 4.01. The Labute approximate surface area is 173 Å². The molecule has 0 spiro atoms. The van der Waals surface area contributed by atoms with Crippen LogP contribution in [0, 0.1) is 18.3 Å². The molecule has 0 saturated heterocycles. The highest BCUT2D eigenvalue weighted by molar-refractivity contribution is 9.10. The lowest BCUT2D eigenvalue weighted by atomic mass is 10.2. The summed E-state index contributed by atoms with van der Waals surface area (Å²) in [5, 5.41) is 13.9. The average molecular weight is 462 g/mol. The number of aryl methyl sites for hydroxylation is 1. The molecule has 0 fully saturated rings. The molecule has 0 N–H and O–H groups in total. The Morgan fingerprint density at radius 1 is 1.39 bits per heavy atom. The van der Waals surface area contributed by atoms with Crippen molar-refractivity contribution in [3.8, 4) is 17.6 Å². The smallest absolute Gasteiger partial charge is 0.282 e. The number of rotatable bonds is 5. The maximum atomic E-state index is 12.8. The van der Waals surface area contributed by atoms with Crippen LogP contribution in [0.5, 0.6) is 11.5 Å². The van der Waals surface area contributed by atoms with E-state index >= 15 is 0 Å². The van der Waals surface area contributed by atoms with Crippen molar-refractivity contribution in [2.24, 2.45) is 5.10 Å². The molecule has 0 aliphatic carbocycles. The number of hydrogen-bond acceptors (Lipinski definition) is 6. The predicted octanol–water partition coefficient (Wildman–Crippen LogP) is 3.91. The van der Waals surface area contributed by atoms with Crippen molar-refractivity contribution in [1.29, 1.82) is 5.26 Å². The molecule has 0 aliphatic rings. The second-order valence-electron chi connectivity index (χ2n) is 5.66. The Bertz CT molecular complexity index is 1180. The van der Waals surface area contributed by atoms with Gasteiger partial charge in [0.15, 0.2) is 18.1 Å². The first-order valence-electron chi connectivity index (χ1n) is 8.05. The number of aromatic nitrogens is 2. The van der Waals surface area contributed by atoms with E-state index in [-0.39, 0.29) is 12.2 Å². The highest BCUT2D eigenvalue weighted by Gasteiger charge is 2.13. The van der Waals surface area contributed by atoms with Crippen LogP contribution in [0.25, 0.3) is 10.9 Å². The summed E-state index contributed by atoms with van der Waals surface area (Å²) in [4.78, 5) is 17.2. The van der Waals surface area contributed by atoms with Crippen LogP contribution >= 0.6 is 27.5 Å². The molecule has 0 saturated carbocycles. The Morgan fingerprint density at radius 2 is 2.18 bits per heavy atom. The second-order valence-corrected chi connectivity index (χ2v) is 7.01. The minimum atomic E-state index is -0.312. The molecule has 1 aromatic heterocycles. The third-order valence-electron chi connectivity index (χ3n) is 3.83. The zero-order chi connectivity index (χ0) is 20.3. The van der Waals surface area contributed by atoms with E-state index in [2.05, 4.69) is 26.0 Å².